The lowest BCUT2D eigenvalue weighted by Crippen LogP contribution is -2.40. The van der Waals surface area contributed by atoms with Crippen LogP contribution < -0.4 is 9.64 Å². The van der Waals surface area contributed by atoms with Crippen LogP contribution in [0.25, 0.3) is 0 Å². The molecule has 2 aromatic rings. The highest BCUT2D eigenvalue weighted by Crippen LogP contribution is 2.24. The van der Waals surface area contributed by atoms with Crippen molar-refractivity contribution in [3.8, 4) is 5.75 Å². The fourth-order valence-corrected chi connectivity index (χ4v) is 5.83. The average Bonchev–Trinajstić information content (AvgIpc) is 3.13. The third kappa shape index (κ3) is 6.03. The van der Waals surface area contributed by atoms with Crippen LogP contribution in [0.5, 0.6) is 5.75 Å². The molecule has 7 heteroatoms. The van der Waals surface area contributed by atoms with E-state index < -0.39 is 9.84 Å². The molecule has 1 aliphatic heterocycles. The Morgan fingerprint density at radius 3 is 2.16 bits per heavy atom. The third-order valence-electron chi connectivity index (χ3n) is 5.80. The fraction of sp³-hybridized carbons (Fsp3) is 0.480. The summed E-state index contributed by atoms with van der Waals surface area (Å²) in [5.74, 6) is 0.698. The molecule has 0 saturated carbocycles. The van der Waals surface area contributed by atoms with Crippen LogP contribution in [-0.2, 0) is 16.4 Å². The van der Waals surface area contributed by atoms with Crippen molar-refractivity contribution in [1.82, 2.24) is 4.90 Å². The van der Waals surface area contributed by atoms with Gasteiger partial charge in [0.15, 0.2) is 9.84 Å². The molecule has 0 aromatic heterocycles. The van der Waals surface area contributed by atoms with Gasteiger partial charge in [0, 0.05) is 36.9 Å². The first-order valence-corrected chi connectivity index (χ1v) is 13.2. The summed E-state index contributed by atoms with van der Waals surface area (Å²) in [6, 6.07) is 14.9. The Morgan fingerprint density at radius 2 is 1.66 bits per heavy atom. The van der Waals surface area contributed by atoms with Gasteiger partial charge in [-0.2, -0.15) is 0 Å². The molecule has 1 amide bonds. The number of rotatable bonds is 9. The molecule has 0 radical (unpaired) electrons. The van der Waals surface area contributed by atoms with Crippen LogP contribution in [0.2, 0.25) is 0 Å². The van der Waals surface area contributed by atoms with E-state index in [0.717, 1.165) is 24.3 Å². The molecule has 2 aromatic carbocycles. The Hall–Kier alpha value is -2.54. The number of ether oxygens (including phenoxy) is 1. The molecule has 1 saturated heterocycles. The summed E-state index contributed by atoms with van der Waals surface area (Å²) < 4.78 is 29.9. The van der Waals surface area contributed by atoms with E-state index >= 15 is 0 Å². The number of hydrogen-bond acceptors (Lipinski definition) is 5. The third-order valence-corrected chi connectivity index (χ3v) is 7.55. The number of benzene rings is 2. The van der Waals surface area contributed by atoms with Crippen LogP contribution in [0.15, 0.2) is 48.5 Å². The Morgan fingerprint density at radius 1 is 1.03 bits per heavy atom. The standard InChI is InChI=1S/C25H34N2O4S/c1-5-26(6-2)22-11-7-20(8-12-22)17-27(23-15-16-32(29,30)18-23)25(28)21-9-13-24(14-10-21)31-19(3)4/h7-14,19,23H,5-6,15-18H2,1-4H3. The second-order valence-corrected chi connectivity index (χ2v) is 10.7. The topological polar surface area (TPSA) is 66.9 Å². The van der Waals surface area contributed by atoms with E-state index in [1.54, 1.807) is 29.2 Å². The first-order chi connectivity index (χ1) is 15.2. The van der Waals surface area contributed by atoms with Gasteiger partial charge in [-0.15, -0.1) is 0 Å². The molecule has 3 rings (SSSR count). The van der Waals surface area contributed by atoms with Crippen molar-refractivity contribution < 1.29 is 17.9 Å². The van der Waals surface area contributed by atoms with Gasteiger partial charge >= 0.3 is 0 Å². The maximum atomic E-state index is 13.4. The fourth-order valence-electron chi connectivity index (χ4n) is 4.10. The average molecular weight is 459 g/mol. The van der Waals surface area contributed by atoms with E-state index in [2.05, 4.69) is 30.9 Å². The lowest BCUT2D eigenvalue weighted by molar-refractivity contribution is 0.0681. The minimum atomic E-state index is -3.11. The van der Waals surface area contributed by atoms with E-state index in [1.165, 1.54) is 0 Å². The Kier molecular flexibility index (Phi) is 7.82. The van der Waals surface area contributed by atoms with Crippen molar-refractivity contribution in [3.63, 3.8) is 0 Å². The van der Waals surface area contributed by atoms with Gasteiger partial charge in [-0.05, 0) is 76.1 Å². The van der Waals surface area contributed by atoms with Crippen molar-refractivity contribution in [3.05, 3.63) is 59.7 Å². The summed E-state index contributed by atoms with van der Waals surface area (Å²) in [5.41, 5.74) is 2.66. The maximum absolute atomic E-state index is 13.4. The van der Waals surface area contributed by atoms with E-state index in [-0.39, 0.29) is 29.6 Å². The van der Waals surface area contributed by atoms with E-state index in [4.69, 9.17) is 4.74 Å². The monoisotopic (exact) mass is 458 g/mol. The normalized spacial score (nSPS) is 17.3. The SMILES string of the molecule is CCN(CC)c1ccc(CN(C(=O)c2ccc(OC(C)C)cc2)C2CCS(=O)(=O)C2)cc1. The molecule has 0 N–H and O–H groups in total. The molecular formula is C25H34N2O4S. The molecule has 1 fully saturated rings. The van der Waals surface area contributed by atoms with Crippen molar-refractivity contribution in [2.75, 3.05) is 29.5 Å². The number of carbonyl (C=O) groups excluding carboxylic acids is 1. The number of anilines is 1. The molecule has 0 aliphatic carbocycles. The number of nitrogens with zero attached hydrogens (tertiary/aromatic N) is 2. The van der Waals surface area contributed by atoms with Gasteiger partial charge in [-0.25, -0.2) is 8.42 Å². The summed E-state index contributed by atoms with van der Waals surface area (Å²) >= 11 is 0. The van der Waals surface area contributed by atoms with Crippen molar-refractivity contribution in [2.45, 2.75) is 52.8 Å². The largest absolute Gasteiger partial charge is 0.491 e. The summed E-state index contributed by atoms with van der Waals surface area (Å²) in [6.45, 7) is 10.4. The van der Waals surface area contributed by atoms with Gasteiger partial charge in [0.2, 0.25) is 0 Å². The number of hydrogen-bond donors (Lipinski definition) is 0. The predicted octanol–water partition coefficient (Wildman–Crippen LogP) is 4.15. The minimum absolute atomic E-state index is 0.0187. The van der Waals surface area contributed by atoms with Crippen molar-refractivity contribution in [2.24, 2.45) is 0 Å². The molecular weight excluding hydrogens is 424 g/mol. The molecule has 174 valence electrons. The highest BCUT2D eigenvalue weighted by molar-refractivity contribution is 7.91. The Labute approximate surface area is 192 Å². The second-order valence-electron chi connectivity index (χ2n) is 8.52. The van der Waals surface area contributed by atoms with Gasteiger partial charge in [-0.1, -0.05) is 12.1 Å². The minimum Gasteiger partial charge on any atom is -0.491 e. The molecule has 1 unspecified atom stereocenters. The summed E-state index contributed by atoms with van der Waals surface area (Å²) in [4.78, 5) is 17.4. The van der Waals surface area contributed by atoms with Gasteiger partial charge in [0.05, 0.1) is 17.6 Å². The second kappa shape index (κ2) is 10.4. The highest BCUT2D eigenvalue weighted by atomic mass is 32.2. The lowest BCUT2D eigenvalue weighted by Gasteiger charge is -2.29. The number of sulfone groups is 1. The van der Waals surface area contributed by atoms with Gasteiger partial charge in [-0.3, -0.25) is 4.79 Å². The highest BCUT2D eigenvalue weighted by Gasteiger charge is 2.35. The first-order valence-electron chi connectivity index (χ1n) is 11.3. The summed E-state index contributed by atoms with van der Waals surface area (Å²) in [7, 11) is -3.11. The molecule has 32 heavy (non-hydrogen) atoms. The van der Waals surface area contributed by atoms with Crippen LogP contribution in [0, 0.1) is 0 Å². The lowest BCUT2D eigenvalue weighted by atomic mass is 10.1. The van der Waals surface area contributed by atoms with Gasteiger partial charge in [0.1, 0.15) is 5.75 Å². The summed E-state index contributed by atoms with van der Waals surface area (Å²) in [6.07, 6.45) is 0.524. The zero-order valence-electron chi connectivity index (χ0n) is 19.5. The molecule has 1 heterocycles. The van der Waals surface area contributed by atoms with Gasteiger partial charge in [0.25, 0.3) is 5.91 Å². The molecule has 0 bridgehead atoms. The van der Waals surface area contributed by atoms with E-state index in [1.807, 2.05) is 26.0 Å². The van der Waals surface area contributed by atoms with Crippen LogP contribution in [0.3, 0.4) is 0 Å². The zero-order chi connectivity index (χ0) is 23.3. The predicted molar refractivity (Wildman–Crippen MR) is 129 cm³/mol. The number of amides is 1. The molecule has 0 spiro atoms. The Balaban J connectivity index is 1.83. The van der Waals surface area contributed by atoms with E-state index in [0.29, 0.717) is 24.3 Å². The first kappa shape index (κ1) is 24.1. The molecule has 6 nitrogen and oxygen atoms in total. The van der Waals surface area contributed by atoms with Crippen LogP contribution in [0.4, 0.5) is 5.69 Å². The van der Waals surface area contributed by atoms with Crippen LogP contribution >= 0.6 is 0 Å². The zero-order valence-corrected chi connectivity index (χ0v) is 20.3. The van der Waals surface area contributed by atoms with Crippen molar-refractivity contribution in [1.29, 1.82) is 0 Å². The number of carbonyl (C=O) groups is 1. The molecule has 1 aliphatic rings. The van der Waals surface area contributed by atoms with Crippen LogP contribution in [-0.4, -0.2) is 56.0 Å². The van der Waals surface area contributed by atoms with Crippen molar-refractivity contribution >= 4 is 21.4 Å². The molecule has 1 atom stereocenters. The van der Waals surface area contributed by atoms with Crippen LogP contribution in [0.1, 0.15) is 50.0 Å². The van der Waals surface area contributed by atoms with E-state index in [9.17, 15) is 13.2 Å². The summed E-state index contributed by atoms with van der Waals surface area (Å²) in [5, 5.41) is 0. The maximum Gasteiger partial charge on any atom is 0.254 e. The Bertz CT molecular complexity index is 997. The quantitative estimate of drug-likeness (QED) is 0.565. The van der Waals surface area contributed by atoms with Gasteiger partial charge < -0.3 is 14.5 Å². The smallest absolute Gasteiger partial charge is 0.254 e.